The number of aromatic nitrogens is 1. The normalized spacial score (nSPS) is 11.8. The highest BCUT2D eigenvalue weighted by Crippen LogP contribution is 2.23. The number of benzene rings is 1. The lowest BCUT2D eigenvalue weighted by Gasteiger charge is -2.19. The van der Waals surface area contributed by atoms with Crippen LogP contribution in [0.2, 0.25) is 5.02 Å². The van der Waals surface area contributed by atoms with Crippen molar-refractivity contribution in [2.45, 2.75) is 12.6 Å². The van der Waals surface area contributed by atoms with E-state index in [9.17, 15) is 4.79 Å². The standard InChI is InChI=1S/C15H17ClN4O/c1-18-15(21)14(20-13-4-2-3-5-19-13)11-6-10(9-17)7-12(16)8-11/h2-8,14H,9,17H2,1H3,(H,18,21)(H,19,20)/t14-/m1/s1. The van der Waals surface area contributed by atoms with Gasteiger partial charge in [-0.2, -0.15) is 0 Å². The van der Waals surface area contributed by atoms with Crippen molar-refractivity contribution in [1.82, 2.24) is 10.3 Å². The number of hydrogen-bond acceptors (Lipinski definition) is 4. The van der Waals surface area contributed by atoms with Crippen LogP contribution in [-0.4, -0.2) is 17.9 Å². The fourth-order valence-corrected chi connectivity index (χ4v) is 2.27. The highest BCUT2D eigenvalue weighted by molar-refractivity contribution is 6.30. The third-order valence-electron chi connectivity index (χ3n) is 3.01. The number of carbonyl (C=O) groups is 1. The highest BCUT2D eigenvalue weighted by atomic mass is 35.5. The Kier molecular flexibility index (Phi) is 5.14. The van der Waals surface area contributed by atoms with Crippen LogP contribution in [0.5, 0.6) is 0 Å². The Morgan fingerprint density at radius 2 is 2.19 bits per heavy atom. The molecule has 0 aliphatic carbocycles. The molecule has 0 aliphatic rings. The maximum Gasteiger partial charge on any atom is 0.246 e. The summed E-state index contributed by atoms with van der Waals surface area (Å²) in [6.45, 7) is 0.359. The Balaban J connectivity index is 2.36. The lowest BCUT2D eigenvalue weighted by molar-refractivity contribution is -0.121. The van der Waals surface area contributed by atoms with E-state index in [1.807, 2.05) is 18.2 Å². The van der Waals surface area contributed by atoms with Crippen molar-refractivity contribution in [2.24, 2.45) is 5.73 Å². The smallest absolute Gasteiger partial charge is 0.246 e. The second-order valence-electron chi connectivity index (χ2n) is 4.50. The number of nitrogens with two attached hydrogens (primary N) is 1. The molecule has 5 nitrogen and oxygen atoms in total. The highest BCUT2D eigenvalue weighted by Gasteiger charge is 2.20. The van der Waals surface area contributed by atoms with Crippen molar-refractivity contribution in [2.75, 3.05) is 12.4 Å². The van der Waals surface area contributed by atoms with Crippen LogP contribution in [0.25, 0.3) is 0 Å². The third-order valence-corrected chi connectivity index (χ3v) is 3.23. The first-order valence-corrected chi connectivity index (χ1v) is 6.90. The van der Waals surface area contributed by atoms with E-state index in [-0.39, 0.29) is 5.91 Å². The monoisotopic (exact) mass is 304 g/mol. The first-order chi connectivity index (χ1) is 10.1. The molecule has 0 aliphatic heterocycles. The number of nitrogens with one attached hydrogen (secondary N) is 2. The minimum absolute atomic E-state index is 0.175. The molecule has 2 rings (SSSR count). The molecule has 0 saturated carbocycles. The Bertz CT molecular complexity index is 618. The summed E-state index contributed by atoms with van der Waals surface area (Å²) in [7, 11) is 1.59. The van der Waals surface area contributed by atoms with Crippen LogP contribution in [0.15, 0.2) is 42.6 Å². The second-order valence-corrected chi connectivity index (χ2v) is 4.94. The molecule has 1 atom stereocenters. The predicted octanol–water partition coefficient (Wildman–Crippen LogP) is 2.09. The number of hydrogen-bond donors (Lipinski definition) is 3. The molecule has 0 bridgehead atoms. The number of anilines is 1. The van der Waals surface area contributed by atoms with E-state index < -0.39 is 6.04 Å². The van der Waals surface area contributed by atoms with Crippen LogP contribution in [0.1, 0.15) is 17.2 Å². The van der Waals surface area contributed by atoms with Gasteiger partial charge in [0.05, 0.1) is 0 Å². The van der Waals surface area contributed by atoms with Crippen LogP contribution in [0.4, 0.5) is 5.82 Å². The molecule has 1 heterocycles. The molecular weight excluding hydrogens is 288 g/mol. The lowest BCUT2D eigenvalue weighted by atomic mass is 10.0. The molecule has 110 valence electrons. The van der Waals surface area contributed by atoms with Gasteiger partial charge >= 0.3 is 0 Å². The summed E-state index contributed by atoms with van der Waals surface area (Å²) in [5.74, 6) is 0.436. The molecule has 2 aromatic rings. The molecule has 21 heavy (non-hydrogen) atoms. The molecular formula is C15H17ClN4O. The van der Waals surface area contributed by atoms with Gasteiger partial charge in [0.25, 0.3) is 0 Å². The van der Waals surface area contributed by atoms with Gasteiger partial charge in [-0.1, -0.05) is 23.7 Å². The van der Waals surface area contributed by atoms with Gasteiger partial charge in [0.1, 0.15) is 11.9 Å². The molecule has 4 N–H and O–H groups in total. The molecule has 0 unspecified atom stereocenters. The van der Waals surface area contributed by atoms with Gasteiger partial charge in [0.2, 0.25) is 5.91 Å². The van der Waals surface area contributed by atoms with Crippen LogP contribution < -0.4 is 16.4 Å². The first kappa shape index (κ1) is 15.3. The molecule has 0 saturated heterocycles. The maximum atomic E-state index is 12.2. The number of nitrogens with zero attached hydrogens (tertiary/aromatic N) is 1. The van der Waals surface area contributed by atoms with Gasteiger partial charge in [0.15, 0.2) is 0 Å². The zero-order valence-corrected chi connectivity index (χ0v) is 12.4. The number of rotatable bonds is 5. The summed E-state index contributed by atoms with van der Waals surface area (Å²) in [6, 6.07) is 10.3. The average molecular weight is 305 g/mol. The summed E-state index contributed by atoms with van der Waals surface area (Å²) in [5.41, 5.74) is 7.27. The quantitative estimate of drug-likeness (QED) is 0.790. The SMILES string of the molecule is CNC(=O)[C@H](Nc1ccccn1)c1cc(Cl)cc(CN)c1. The second kappa shape index (κ2) is 7.06. The zero-order valence-electron chi connectivity index (χ0n) is 11.6. The van der Waals surface area contributed by atoms with E-state index in [2.05, 4.69) is 15.6 Å². The third kappa shape index (κ3) is 3.93. The van der Waals surface area contributed by atoms with Crippen LogP contribution in [0, 0.1) is 0 Å². The summed E-state index contributed by atoms with van der Waals surface area (Å²) in [6.07, 6.45) is 1.66. The Morgan fingerprint density at radius 3 is 2.81 bits per heavy atom. The van der Waals surface area contributed by atoms with Crippen molar-refractivity contribution < 1.29 is 4.79 Å². The van der Waals surface area contributed by atoms with Gasteiger partial charge in [0, 0.05) is 24.8 Å². The van der Waals surface area contributed by atoms with Crippen molar-refractivity contribution in [3.63, 3.8) is 0 Å². The van der Waals surface area contributed by atoms with Gasteiger partial charge in [-0.25, -0.2) is 4.98 Å². The largest absolute Gasteiger partial charge is 0.357 e. The van der Waals surface area contributed by atoms with Crippen molar-refractivity contribution >= 4 is 23.3 Å². The Labute approximate surface area is 128 Å². The molecule has 6 heteroatoms. The Morgan fingerprint density at radius 1 is 1.38 bits per heavy atom. The topological polar surface area (TPSA) is 80.0 Å². The molecule has 0 spiro atoms. The van der Waals surface area contributed by atoms with Gasteiger partial charge in [-0.3, -0.25) is 4.79 Å². The molecule has 0 radical (unpaired) electrons. The number of halogens is 1. The number of carbonyl (C=O) groups excluding carboxylic acids is 1. The van der Waals surface area contributed by atoms with E-state index in [0.29, 0.717) is 17.4 Å². The zero-order chi connectivity index (χ0) is 15.2. The van der Waals surface area contributed by atoms with Gasteiger partial charge < -0.3 is 16.4 Å². The Hall–Kier alpha value is -2.11. The predicted molar refractivity (Wildman–Crippen MR) is 84.0 cm³/mol. The van der Waals surface area contributed by atoms with E-state index in [4.69, 9.17) is 17.3 Å². The summed E-state index contributed by atoms with van der Waals surface area (Å²) < 4.78 is 0. The number of likely N-dealkylation sites (N-methyl/N-ethyl adjacent to an activating group) is 1. The van der Waals surface area contributed by atoms with Crippen LogP contribution in [-0.2, 0) is 11.3 Å². The summed E-state index contributed by atoms with van der Waals surface area (Å²) in [4.78, 5) is 16.3. The average Bonchev–Trinajstić information content (AvgIpc) is 2.52. The van der Waals surface area contributed by atoms with Crippen molar-refractivity contribution in [3.05, 3.63) is 58.7 Å². The van der Waals surface area contributed by atoms with Crippen molar-refractivity contribution in [1.29, 1.82) is 0 Å². The molecule has 1 aromatic heterocycles. The van der Waals surface area contributed by atoms with E-state index >= 15 is 0 Å². The fourth-order valence-electron chi connectivity index (χ4n) is 2.00. The molecule has 0 fully saturated rings. The summed E-state index contributed by atoms with van der Waals surface area (Å²) in [5, 5.41) is 6.29. The fraction of sp³-hybridized carbons (Fsp3) is 0.200. The van der Waals surface area contributed by atoms with Gasteiger partial charge in [-0.05, 0) is 35.4 Å². The number of pyridine rings is 1. The molecule has 1 aromatic carbocycles. The van der Waals surface area contributed by atoms with E-state index in [1.54, 1.807) is 31.4 Å². The van der Waals surface area contributed by atoms with Gasteiger partial charge in [-0.15, -0.1) is 0 Å². The van der Waals surface area contributed by atoms with Crippen LogP contribution >= 0.6 is 11.6 Å². The minimum Gasteiger partial charge on any atom is -0.357 e. The summed E-state index contributed by atoms with van der Waals surface area (Å²) >= 11 is 6.09. The van der Waals surface area contributed by atoms with E-state index in [1.165, 1.54) is 0 Å². The lowest BCUT2D eigenvalue weighted by Crippen LogP contribution is -2.31. The number of amides is 1. The maximum absolute atomic E-state index is 12.2. The molecule has 1 amide bonds. The first-order valence-electron chi connectivity index (χ1n) is 6.52. The van der Waals surface area contributed by atoms with Crippen LogP contribution in [0.3, 0.4) is 0 Å². The van der Waals surface area contributed by atoms with E-state index in [0.717, 1.165) is 11.1 Å². The van der Waals surface area contributed by atoms with Crippen molar-refractivity contribution in [3.8, 4) is 0 Å². The minimum atomic E-state index is -0.589.